The van der Waals surface area contributed by atoms with Gasteiger partial charge in [-0.1, -0.05) is 6.58 Å². The fourth-order valence-corrected chi connectivity index (χ4v) is 4.08. The van der Waals surface area contributed by atoms with Gasteiger partial charge in [-0.15, -0.1) is 0 Å². The Bertz CT molecular complexity index is 1060. The van der Waals surface area contributed by atoms with Crippen LogP contribution in [0.1, 0.15) is 47.5 Å². The molecule has 1 aliphatic carbocycles. The van der Waals surface area contributed by atoms with Crippen molar-refractivity contribution in [2.24, 2.45) is 7.05 Å². The van der Waals surface area contributed by atoms with E-state index < -0.39 is 0 Å². The van der Waals surface area contributed by atoms with Crippen molar-refractivity contribution in [2.75, 3.05) is 26.3 Å². The summed E-state index contributed by atoms with van der Waals surface area (Å²) in [6.07, 6.45) is 7.21. The molecule has 1 saturated carbocycles. The molecular weight excluding hydrogens is 382 g/mol. The van der Waals surface area contributed by atoms with E-state index in [2.05, 4.69) is 11.6 Å². The molecule has 0 N–H and O–H groups in total. The molecule has 8 nitrogen and oxygen atoms in total. The molecule has 2 aliphatic rings. The summed E-state index contributed by atoms with van der Waals surface area (Å²) in [5, 5.41) is 0. The number of hydrogen-bond acceptors (Lipinski definition) is 4. The average molecular weight is 412 g/mol. The van der Waals surface area contributed by atoms with E-state index in [0.717, 1.165) is 41.4 Å². The van der Waals surface area contributed by atoms with Gasteiger partial charge in [-0.3, -0.25) is 13.9 Å². The van der Waals surface area contributed by atoms with Crippen LogP contribution < -0.4 is 5.69 Å². The molecule has 0 aromatic carbocycles. The molecule has 8 heteroatoms. The molecule has 2 aromatic heterocycles. The van der Waals surface area contributed by atoms with E-state index in [-0.39, 0.29) is 11.6 Å². The minimum absolute atomic E-state index is 0.0208. The molecule has 2 fully saturated rings. The Kier molecular flexibility index (Phi) is 5.51. The zero-order valence-corrected chi connectivity index (χ0v) is 17.9. The highest BCUT2D eigenvalue weighted by atomic mass is 16.5. The highest BCUT2D eigenvalue weighted by molar-refractivity contribution is 5.91. The van der Waals surface area contributed by atoms with Crippen LogP contribution in [0.3, 0.4) is 0 Å². The van der Waals surface area contributed by atoms with Gasteiger partial charge in [0.15, 0.2) is 0 Å². The van der Waals surface area contributed by atoms with E-state index in [1.54, 1.807) is 27.7 Å². The van der Waals surface area contributed by atoms with Gasteiger partial charge in [0, 0.05) is 37.9 Å². The first-order valence-corrected chi connectivity index (χ1v) is 10.4. The topological polar surface area (TPSA) is 74.3 Å². The van der Waals surface area contributed by atoms with Crippen LogP contribution in [0.25, 0.3) is 12.2 Å². The number of imidazole rings is 2. The Labute approximate surface area is 176 Å². The number of nitrogens with zero attached hydrogens (tertiary/aromatic N) is 5. The summed E-state index contributed by atoms with van der Waals surface area (Å²) >= 11 is 0. The van der Waals surface area contributed by atoms with Crippen LogP contribution >= 0.6 is 0 Å². The number of ether oxygens (including phenoxy) is 1. The van der Waals surface area contributed by atoms with Gasteiger partial charge in [0.2, 0.25) is 5.91 Å². The fraction of sp³-hybridized carbons (Fsp3) is 0.500. The van der Waals surface area contributed by atoms with Crippen LogP contribution in [-0.4, -0.2) is 55.8 Å². The van der Waals surface area contributed by atoms with Crippen LogP contribution in [0, 0.1) is 13.8 Å². The summed E-state index contributed by atoms with van der Waals surface area (Å²) in [5.41, 5.74) is 3.35. The van der Waals surface area contributed by atoms with Crippen molar-refractivity contribution in [1.82, 2.24) is 23.6 Å². The Hall–Kier alpha value is -2.87. The molecule has 4 rings (SSSR count). The van der Waals surface area contributed by atoms with Crippen LogP contribution in [-0.2, 0) is 23.1 Å². The van der Waals surface area contributed by atoms with E-state index in [1.807, 2.05) is 30.0 Å². The lowest BCUT2D eigenvalue weighted by atomic mass is 10.2. The zero-order chi connectivity index (χ0) is 21.4. The summed E-state index contributed by atoms with van der Waals surface area (Å²) < 4.78 is 10.9. The maximum Gasteiger partial charge on any atom is 0.329 e. The van der Waals surface area contributed by atoms with Crippen LogP contribution in [0.4, 0.5) is 0 Å². The van der Waals surface area contributed by atoms with Gasteiger partial charge in [0.25, 0.3) is 0 Å². The molecule has 1 saturated heterocycles. The van der Waals surface area contributed by atoms with E-state index >= 15 is 0 Å². The maximum atomic E-state index is 13.1. The van der Waals surface area contributed by atoms with Gasteiger partial charge in [0.1, 0.15) is 5.82 Å². The first-order chi connectivity index (χ1) is 14.4. The summed E-state index contributed by atoms with van der Waals surface area (Å²) in [4.78, 5) is 32.1. The summed E-state index contributed by atoms with van der Waals surface area (Å²) in [6, 6.07) is 0.299. The lowest BCUT2D eigenvalue weighted by Crippen LogP contribution is -2.39. The van der Waals surface area contributed by atoms with Crippen molar-refractivity contribution in [1.29, 1.82) is 0 Å². The summed E-state index contributed by atoms with van der Waals surface area (Å²) in [7, 11) is 1.92. The molecule has 0 bridgehead atoms. The molecule has 0 atom stereocenters. The van der Waals surface area contributed by atoms with E-state index in [1.165, 1.54) is 0 Å². The Morgan fingerprint density at radius 1 is 1.23 bits per heavy atom. The molecule has 30 heavy (non-hydrogen) atoms. The van der Waals surface area contributed by atoms with E-state index in [0.29, 0.717) is 38.9 Å². The van der Waals surface area contributed by atoms with Crippen molar-refractivity contribution >= 4 is 18.1 Å². The third kappa shape index (κ3) is 3.67. The molecule has 0 unspecified atom stereocenters. The maximum absolute atomic E-state index is 13.1. The second-order valence-electron chi connectivity index (χ2n) is 7.97. The van der Waals surface area contributed by atoms with Crippen molar-refractivity contribution in [3.63, 3.8) is 0 Å². The van der Waals surface area contributed by atoms with Gasteiger partial charge in [-0.05, 0) is 38.8 Å². The second-order valence-corrected chi connectivity index (χ2v) is 7.97. The lowest BCUT2D eigenvalue weighted by molar-refractivity contribution is -0.129. The minimum Gasteiger partial charge on any atom is -0.378 e. The molecule has 3 heterocycles. The third-order valence-corrected chi connectivity index (χ3v) is 6.02. The Balaban J connectivity index is 1.65. The first-order valence-electron chi connectivity index (χ1n) is 10.4. The molecule has 1 amide bonds. The van der Waals surface area contributed by atoms with Crippen molar-refractivity contribution in [2.45, 2.75) is 39.3 Å². The average Bonchev–Trinajstić information content (AvgIpc) is 3.50. The molecule has 0 radical (unpaired) electrons. The van der Waals surface area contributed by atoms with Crippen molar-refractivity contribution in [3.05, 3.63) is 51.7 Å². The highest BCUT2D eigenvalue weighted by Gasteiger charge is 2.30. The van der Waals surface area contributed by atoms with E-state index in [9.17, 15) is 9.59 Å². The number of amides is 1. The van der Waals surface area contributed by atoms with Crippen molar-refractivity contribution < 1.29 is 9.53 Å². The predicted molar refractivity (Wildman–Crippen MR) is 115 cm³/mol. The van der Waals surface area contributed by atoms with Crippen LogP contribution in [0.2, 0.25) is 0 Å². The van der Waals surface area contributed by atoms with Gasteiger partial charge in [-0.2, -0.15) is 0 Å². The van der Waals surface area contributed by atoms with E-state index in [4.69, 9.17) is 4.74 Å². The fourth-order valence-electron chi connectivity index (χ4n) is 4.08. The lowest BCUT2D eigenvalue weighted by Gasteiger charge is -2.25. The number of aryl methyl sites for hydroxylation is 1. The Morgan fingerprint density at radius 3 is 2.57 bits per heavy atom. The number of carbonyl (C=O) groups excluding carboxylic acids is 1. The number of aromatic nitrogens is 4. The first kappa shape index (κ1) is 20.4. The number of rotatable bonds is 6. The van der Waals surface area contributed by atoms with Crippen LogP contribution in [0.5, 0.6) is 0 Å². The molecule has 0 spiro atoms. The second kappa shape index (κ2) is 8.10. The van der Waals surface area contributed by atoms with Crippen LogP contribution in [0.15, 0.2) is 17.4 Å². The standard InChI is InChI=1S/C22H29N5O3/c1-5-19-15(2)27(17-6-7-17)22(29)26(19)14-18-20(24(4)16(3)23-18)8-9-21(28)25-10-12-30-13-11-25/h5,8-9,17H,1,6-7,10-14H2,2-4H3. The summed E-state index contributed by atoms with van der Waals surface area (Å²) in [6.45, 7) is 10.5. The highest BCUT2D eigenvalue weighted by Crippen LogP contribution is 2.35. The van der Waals surface area contributed by atoms with Gasteiger partial charge < -0.3 is 14.2 Å². The number of hydrogen-bond donors (Lipinski definition) is 0. The Morgan fingerprint density at radius 2 is 1.93 bits per heavy atom. The molecule has 2 aromatic rings. The smallest absolute Gasteiger partial charge is 0.329 e. The molecular formula is C22H29N5O3. The van der Waals surface area contributed by atoms with Crippen molar-refractivity contribution in [3.8, 4) is 0 Å². The molecule has 1 aliphatic heterocycles. The van der Waals surface area contributed by atoms with Gasteiger partial charge >= 0.3 is 5.69 Å². The SMILES string of the molecule is C=Cc1c(C)n(C2CC2)c(=O)n1Cc1nc(C)n(C)c1C=CC(=O)N1CCOCC1. The predicted octanol–water partition coefficient (Wildman–Crippen LogP) is 1.90. The zero-order valence-electron chi connectivity index (χ0n) is 17.9. The van der Waals surface area contributed by atoms with Gasteiger partial charge in [0.05, 0.1) is 36.8 Å². The normalized spacial score (nSPS) is 17.1. The minimum atomic E-state index is -0.0391. The largest absolute Gasteiger partial charge is 0.378 e. The quantitative estimate of drug-likeness (QED) is 0.681. The summed E-state index contributed by atoms with van der Waals surface area (Å²) in [5.74, 6) is 0.790. The monoisotopic (exact) mass is 411 g/mol. The number of morpholine rings is 1. The molecule has 160 valence electrons. The van der Waals surface area contributed by atoms with Gasteiger partial charge in [-0.25, -0.2) is 9.78 Å². The third-order valence-electron chi connectivity index (χ3n) is 6.02. The number of carbonyl (C=O) groups is 1.